The van der Waals surface area contributed by atoms with Crippen LogP contribution >= 0.6 is 24.8 Å². The van der Waals surface area contributed by atoms with Crippen molar-refractivity contribution in [2.45, 2.75) is 33.1 Å². The van der Waals surface area contributed by atoms with E-state index >= 15 is 0 Å². The third-order valence-corrected chi connectivity index (χ3v) is 2.05. The SMILES string of the molecule is CCC(N)=O.CCC(N)=O.Cl.Cl.[Ti][C]1=CC=CC1. The summed E-state index contributed by atoms with van der Waals surface area (Å²) in [5.74, 6) is -0.491. The van der Waals surface area contributed by atoms with Crippen LogP contribution in [0.3, 0.4) is 0 Å². The van der Waals surface area contributed by atoms with Gasteiger partial charge in [-0.3, -0.25) is 9.59 Å². The van der Waals surface area contributed by atoms with Crippen molar-refractivity contribution in [2.75, 3.05) is 0 Å². The van der Waals surface area contributed by atoms with Crippen LogP contribution < -0.4 is 11.5 Å². The van der Waals surface area contributed by atoms with E-state index in [2.05, 4.69) is 50.1 Å². The summed E-state index contributed by atoms with van der Waals surface area (Å²) in [4.78, 5) is 19.2. The van der Waals surface area contributed by atoms with Crippen LogP contribution in [-0.2, 0) is 30.0 Å². The molecule has 0 heterocycles. The van der Waals surface area contributed by atoms with Gasteiger partial charge in [-0.25, -0.2) is 0 Å². The minimum absolute atomic E-state index is 0. The summed E-state index contributed by atoms with van der Waals surface area (Å²) >= 11 is 2.14. The van der Waals surface area contributed by atoms with Gasteiger partial charge in [-0.1, -0.05) is 13.8 Å². The topological polar surface area (TPSA) is 86.2 Å². The number of nitrogens with two attached hydrogens (primary N) is 2. The number of amides is 2. The second-order valence-corrected chi connectivity index (χ2v) is 3.97. The van der Waals surface area contributed by atoms with E-state index in [0.717, 1.165) is 0 Å². The first kappa shape index (κ1) is 26.3. The number of primary amides is 2. The second-order valence-electron chi connectivity index (χ2n) is 2.96. The summed E-state index contributed by atoms with van der Waals surface area (Å²) < 4.78 is 1.47. The molecule has 0 saturated heterocycles. The van der Waals surface area contributed by atoms with Gasteiger partial charge >= 0.3 is 49.0 Å². The first-order valence-electron chi connectivity index (χ1n) is 5.07. The monoisotopic (exact) mass is 331 g/mol. The van der Waals surface area contributed by atoms with E-state index in [9.17, 15) is 9.59 Å². The zero-order valence-corrected chi connectivity index (χ0v) is 13.8. The number of halogens is 2. The molecule has 105 valence electrons. The normalized spacial score (nSPS) is 10.2. The van der Waals surface area contributed by atoms with Crippen LogP contribution in [0.5, 0.6) is 0 Å². The number of hydrogen-bond acceptors (Lipinski definition) is 2. The molecule has 0 aromatic carbocycles. The van der Waals surface area contributed by atoms with Gasteiger partial charge in [0.25, 0.3) is 0 Å². The van der Waals surface area contributed by atoms with Gasteiger partial charge in [0.1, 0.15) is 0 Å². The number of rotatable bonds is 2. The molecule has 1 rings (SSSR count). The van der Waals surface area contributed by atoms with Crippen LogP contribution in [0.15, 0.2) is 22.1 Å². The van der Waals surface area contributed by atoms with Crippen molar-refractivity contribution >= 4 is 36.6 Å². The van der Waals surface area contributed by atoms with Gasteiger partial charge in [-0.05, 0) is 0 Å². The molecule has 0 atom stereocenters. The van der Waals surface area contributed by atoms with Gasteiger partial charge in [0.15, 0.2) is 0 Å². The predicted octanol–water partition coefficient (Wildman–Crippen LogP) is 1.98. The van der Waals surface area contributed by atoms with Gasteiger partial charge in [0.05, 0.1) is 0 Å². The van der Waals surface area contributed by atoms with Gasteiger partial charge in [-0.2, -0.15) is 0 Å². The summed E-state index contributed by atoms with van der Waals surface area (Å²) in [7, 11) is 0. The number of hydrogen-bond donors (Lipinski definition) is 2. The summed E-state index contributed by atoms with van der Waals surface area (Å²) in [6, 6.07) is 0. The Morgan fingerprint density at radius 1 is 1.17 bits per heavy atom. The molecule has 7 heteroatoms. The van der Waals surface area contributed by atoms with Crippen LogP contribution in [0.1, 0.15) is 33.1 Å². The van der Waals surface area contributed by atoms with Gasteiger partial charge in [-0.15, -0.1) is 24.8 Å². The van der Waals surface area contributed by atoms with Gasteiger partial charge in [0, 0.05) is 12.8 Å². The molecule has 0 aromatic rings. The molecule has 0 unspecified atom stereocenters. The molecule has 0 aliphatic heterocycles. The quantitative estimate of drug-likeness (QED) is 0.758. The number of carbonyl (C=O) groups is 2. The summed E-state index contributed by atoms with van der Waals surface area (Å²) in [6.45, 7) is 3.45. The maximum absolute atomic E-state index is 9.59. The third-order valence-electron chi connectivity index (χ3n) is 1.47. The van der Waals surface area contributed by atoms with E-state index in [1.165, 1.54) is 10.3 Å². The fourth-order valence-electron chi connectivity index (χ4n) is 0.447. The molecule has 0 aromatic heterocycles. The van der Waals surface area contributed by atoms with Crippen LogP contribution in [0, 0.1) is 0 Å². The van der Waals surface area contributed by atoms with E-state index < -0.39 is 0 Å². The van der Waals surface area contributed by atoms with Crippen LogP contribution in [0.4, 0.5) is 0 Å². The minimum atomic E-state index is -0.245. The molecule has 18 heavy (non-hydrogen) atoms. The molecule has 1 aliphatic carbocycles. The summed E-state index contributed by atoms with van der Waals surface area (Å²) in [5.41, 5.74) is 9.31. The van der Waals surface area contributed by atoms with E-state index in [0.29, 0.717) is 12.8 Å². The molecular formula is C11H21Cl2N2O2Ti. The van der Waals surface area contributed by atoms with Crippen molar-refractivity contribution in [3.8, 4) is 0 Å². The molecule has 0 bridgehead atoms. The van der Waals surface area contributed by atoms with Crippen LogP contribution in [0.25, 0.3) is 0 Å². The molecule has 2 amide bonds. The Morgan fingerprint density at radius 2 is 1.50 bits per heavy atom. The summed E-state index contributed by atoms with van der Waals surface area (Å²) in [5, 5.41) is 0. The number of allylic oxidation sites excluding steroid dienone is 4. The van der Waals surface area contributed by atoms with E-state index in [-0.39, 0.29) is 36.6 Å². The van der Waals surface area contributed by atoms with E-state index in [1.54, 1.807) is 13.8 Å². The maximum atomic E-state index is 9.59. The average molecular weight is 332 g/mol. The van der Waals surface area contributed by atoms with Crippen LogP contribution in [-0.4, -0.2) is 11.8 Å². The first-order chi connectivity index (χ1) is 7.43. The molecule has 0 spiro atoms. The Morgan fingerprint density at radius 3 is 1.56 bits per heavy atom. The fraction of sp³-hybridized carbons (Fsp3) is 0.455. The molecule has 4 N–H and O–H groups in total. The molecule has 0 saturated carbocycles. The predicted molar refractivity (Wildman–Crippen MR) is 75.3 cm³/mol. The van der Waals surface area contributed by atoms with E-state index in [1.807, 2.05) is 0 Å². The Kier molecular flexibility index (Phi) is 27.9. The zero-order valence-electron chi connectivity index (χ0n) is 10.6. The van der Waals surface area contributed by atoms with Crippen molar-refractivity contribution in [3.05, 3.63) is 22.1 Å². The Labute approximate surface area is 133 Å². The molecule has 0 fully saturated rings. The average Bonchev–Trinajstić information content (AvgIpc) is 2.71. The van der Waals surface area contributed by atoms with Crippen LogP contribution in [0.2, 0.25) is 0 Å². The molecule has 4 nitrogen and oxygen atoms in total. The molecular weight excluding hydrogens is 311 g/mol. The van der Waals surface area contributed by atoms with Crippen molar-refractivity contribution < 1.29 is 30.0 Å². The van der Waals surface area contributed by atoms with Crippen molar-refractivity contribution in [3.63, 3.8) is 0 Å². The van der Waals surface area contributed by atoms with Gasteiger partial charge < -0.3 is 11.5 Å². The zero-order chi connectivity index (χ0) is 13.0. The van der Waals surface area contributed by atoms with E-state index in [4.69, 9.17) is 0 Å². The van der Waals surface area contributed by atoms with Crippen molar-refractivity contribution in [1.29, 1.82) is 0 Å². The Bertz CT molecular complexity index is 268. The van der Waals surface area contributed by atoms with Gasteiger partial charge in [0.2, 0.25) is 11.8 Å². The van der Waals surface area contributed by atoms with Crippen molar-refractivity contribution in [2.24, 2.45) is 11.5 Å². The summed E-state index contributed by atoms with van der Waals surface area (Å²) in [6.07, 6.45) is 8.45. The molecule has 0 radical (unpaired) electrons. The number of carbonyl (C=O) groups excluding carboxylic acids is 2. The molecule has 1 aliphatic rings. The standard InChI is InChI=1S/C5H5.2C3H7NO.2ClH.Ti/c1-2-4-5-3-1;2*1-2-3(4)5;;;/h1-3H,4H2;2*2H2,1H3,(H2,4,5);2*1H;. The third kappa shape index (κ3) is 29.6. The Balaban J connectivity index is -0.0000000781. The fourth-order valence-corrected chi connectivity index (χ4v) is 0.782. The second kappa shape index (κ2) is 19.1. The van der Waals surface area contributed by atoms with Crippen molar-refractivity contribution in [1.82, 2.24) is 0 Å². The first-order valence-corrected chi connectivity index (χ1v) is 5.85. The Hall–Kier alpha value is -0.286.